The Kier molecular flexibility index (Phi) is 5.22. The summed E-state index contributed by atoms with van der Waals surface area (Å²) in [5.74, 6) is 0. The topological polar surface area (TPSA) is 44.5 Å². The van der Waals surface area contributed by atoms with Gasteiger partial charge in [-0.05, 0) is 62.4 Å². The molecule has 2 aromatic heterocycles. The van der Waals surface area contributed by atoms with E-state index in [0.717, 1.165) is 44.8 Å². The van der Waals surface area contributed by atoms with Crippen molar-refractivity contribution in [2.45, 2.75) is 58.5 Å². The Morgan fingerprint density at radius 2 is 1.88 bits per heavy atom. The van der Waals surface area contributed by atoms with Crippen LogP contribution < -0.4 is 0 Å². The molecule has 0 radical (unpaired) electrons. The zero-order chi connectivity index (χ0) is 17.2. The van der Waals surface area contributed by atoms with Crippen molar-refractivity contribution >= 4 is 11.3 Å². The molecule has 5 nitrogen and oxygen atoms in total. The molecule has 25 heavy (non-hydrogen) atoms. The van der Waals surface area contributed by atoms with Gasteiger partial charge in [0.25, 0.3) is 0 Å². The van der Waals surface area contributed by atoms with Gasteiger partial charge >= 0.3 is 0 Å². The summed E-state index contributed by atoms with van der Waals surface area (Å²) in [6.07, 6.45) is 3.33. The van der Waals surface area contributed by atoms with Crippen LogP contribution in [-0.4, -0.2) is 44.3 Å². The van der Waals surface area contributed by atoms with E-state index in [1.54, 1.807) is 6.92 Å². The summed E-state index contributed by atoms with van der Waals surface area (Å²) in [6, 6.07) is 4.46. The lowest BCUT2D eigenvalue weighted by atomic mass is 10.2. The van der Waals surface area contributed by atoms with Gasteiger partial charge < -0.3 is 5.11 Å². The van der Waals surface area contributed by atoms with Crippen molar-refractivity contribution < 1.29 is 5.11 Å². The molecule has 0 amide bonds. The molecule has 1 saturated heterocycles. The second-order valence-electron chi connectivity index (χ2n) is 7.43. The molecular weight excluding hydrogens is 332 g/mol. The minimum atomic E-state index is -0.488. The number of hydrogen-bond donors (Lipinski definition) is 1. The maximum Gasteiger partial charge on any atom is 0.0950 e. The molecule has 1 unspecified atom stereocenters. The molecule has 136 valence electrons. The number of fused-ring (bicyclic) bond motifs is 1. The third-order valence-electron chi connectivity index (χ3n) is 5.23. The van der Waals surface area contributed by atoms with E-state index in [4.69, 9.17) is 0 Å². The van der Waals surface area contributed by atoms with Crippen LogP contribution >= 0.6 is 11.3 Å². The molecule has 2 aliphatic heterocycles. The van der Waals surface area contributed by atoms with Crippen molar-refractivity contribution in [2.24, 2.45) is 0 Å². The average molecular weight is 361 g/mol. The third kappa shape index (κ3) is 4.14. The van der Waals surface area contributed by atoms with Gasteiger partial charge in [0.2, 0.25) is 0 Å². The highest BCUT2D eigenvalue weighted by atomic mass is 32.1. The normalized spacial score (nSPS) is 20.6. The number of aryl methyl sites for hydroxylation is 1. The average Bonchev–Trinajstić information content (AvgIpc) is 3.29. The van der Waals surface area contributed by atoms with Crippen LogP contribution in [0.25, 0.3) is 0 Å². The molecular formula is C19H28N4OS. The number of likely N-dealkylation sites (tertiary alicyclic amines) is 1. The van der Waals surface area contributed by atoms with Crippen LogP contribution in [-0.2, 0) is 26.2 Å². The van der Waals surface area contributed by atoms with Crippen LogP contribution in [0.3, 0.4) is 0 Å². The number of rotatable bonds is 5. The Hall–Kier alpha value is -1.21. The lowest BCUT2D eigenvalue weighted by Gasteiger charge is -2.18. The van der Waals surface area contributed by atoms with Gasteiger partial charge in [-0.2, -0.15) is 5.10 Å². The Morgan fingerprint density at radius 1 is 1.08 bits per heavy atom. The SMILES string of the molecule is CC(O)c1cc2n(n1)CCCN(Cc1cc(CN3CCCC3)cs1)C2. The summed E-state index contributed by atoms with van der Waals surface area (Å²) in [6.45, 7) is 9.39. The molecule has 0 saturated carbocycles. The van der Waals surface area contributed by atoms with Crippen LogP contribution in [0.1, 0.15) is 54.1 Å². The summed E-state index contributed by atoms with van der Waals surface area (Å²) in [4.78, 5) is 6.53. The quantitative estimate of drug-likeness (QED) is 0.890. The molecule has 1 N–H and O–H groups in total. The van der Waals surface area contributed by atoms with E-state index in [-0.39, 0.29) is 0 Å². The minimum absolute atomic E-state index is 0.488. The van der Waals surface area contributed by atoms with Crippen molar-refractivity contribution in [1.29, 1.82) is 0 Å². The van der Waals surface area contributed by atoms with E-state index in [2.05, 4.69) is 37.1 Å². The first kappa shape index (κ1) is 17.2. The number of nitrogens with zero attached hydrogens (tertiary/aromatic N) is 4. The monoisotopic (exact) mass is 360 g/mol. The highest BCUT2D eigenvalue weighted by molar-refractivity contribution is 7.10. The predicted octanol–water partition coefficient (Wildman–Crippen LogP) is 3.00. The molecule has 6 heteroatoms. The first-order valence-electron chi connectivity index (χ1n) is 9.43. The lowest BCUT2D eigenvalue weighted by Crippen LogP contribution is -2.22. The molecule has 1 atom stereocenters. The van der Waals surface area contributed by atoms with Crippen LogP contribution in [0.2, 0.25) is 0 Å². The Bertz CT molecular complexity index is 702. The van der Waals surface area contributed by atoms with E-state index in [1.165, 1.54) is 42.1 Å². The van der Waals surface area contributed by atoms with Gasteiger partial charge in [-0.3, -0.25) is 14.5 Å². The van der Waals surface area contributed by atoms with E-state index in [1.807, 2.05) is 11.3 Å². The van der Waals surface area contributed by atoms with Crippen LogP contribution in [0, 0.1) is 0 Å². The van der Waals surface area contributed by atoms with Crippen LogP contribution in [0.5, 0.6) is 0 Å². The molecule has 2 aliphatic rings. The Labute approximate surface area is 153 Å². The summed E-state index contributed by atoms with van der Waals surface area (Å²) in [5, 5.41) is 16.7. The van der Waals surface area contributed by atoms with Crippen molar-refractivity contribution in [1.82, 2.24) is 19.6 Å². The Balaban J connectivity index is 1.39. The first-order chi connectivity index (χ1) is 12.2. The molecule has 0 bridgehead atoms. The second-order valence-corrected chi connectivity index (χ2v) is 8.42. The second kappa shape index (κ2) is 7.58. The Morgan fingerprint density at radius 3 is 2.68 bits per heavy atom. The highest BCUT2D eigenvalue weighted by Crippen LogP contribution is 2.23. The number of aliphatic hydroxyl groups is 1. The number of hydrogen-bond acceptors (Lipinski definition) is 5. The summed E-state index contributed by atoms with van der Waals surface area (Å²) < 4.78 is 2.08. The number of aromatic nitrogens is 2. The molecule has 4 heterocycles. The minimum Gasteiger partial charge on any atom is -0.387 e. The largest absolute Gasteiger partial charge is 0.387 e. The molecule has 0 spiro atoms. The zero-order valence-electron chi connectivity index (χ0n) is 15.0. The standard InChI is InChI=1S/C19H28N4OS/c1-15(24)19-10-17-12-22(7-4-8-23(17)20-19)13-18-9-16(14-25-18)11-21-5-2-3-6-21/h9-10,14-15,24H,2-8,11-13H2,1H3. The number of thiophene rings is 1. The first-order valence-corrected chi connectivity index (χ1v) is 10.3. The summed E-state index contributed by atoms with van der Waals surface area (Å²) >= 11 is 1.89. The van der Waals surface area contributed by atoms with Crippen molar-refractivity contribution in [2.75, 3.05) is 19.6 Å². The van der Waals surface area contributed by atoms with Crippen molar-refractivity contribution in [3.8, 4) is 0 Å². The van der Waals surface area contributed by atoms with E-state index >= 15 is 0 Å². The van der Waals surface area contributed by atoms with Crippen molar-refractivity contribution in [3.63, 3.8) is 0 Å². The van der Waals surface area contributed by atoms with E-state index in [9.17, 15) is 5.11 Å². The maximum absolute atomic E-state index is 9.77. The lowest BCUT2D eigenvalue weighted by molar-refractivity contribution is 0.193. The fraction of sp³-hybridized carbons (Fsp3) is 0.632. The fourth-order valence-corrected chi connectivity index (χ4v) is 4.82. The van der Waals surface area contributed by atoms with Gasteiger partial charge in [-0.25, -0.2) is 0 Å². The van der Waals surface area contributed by atoms with Gasteiger partial charge in [0, 0.05) is 37.6 Å². The molecule has 0 aliphatic carbocycles. The zero-order valence-corrected chi connectivity index (χ0v) is 15.8. The van der Waals surface area contributed by atoms with Gasteiger partial charge in [-0.1, -0.05) is 0 Å². The van der Waals surface area contributed by atoms with E-state index in [0.29, 0.717) is 0 Å². The predicted molar refractivity (Wildman–Crippen MR) is 100 cm³/mol. The van der Waals surface area contributed by atoms with Gasteiger partial charge in [-0.15, -0.1) is 11.3 Å². The van der Waals surface area contributed by atoms with Crippen LogP contribution in [0.15, 0.2) is 17.5 Å². The molecule has 1 fully saturated rings. The molecule has 2 aromatic rings. The highest BCUT2D eigenvalue weighted by Gasteiger charge is 2.19. The summed E-state index contributed by atoms with van der Waals surface area (Å²) in [5.41, 5.74) is 3.49. The summed E-state index contributed by atoms with van der Waals surface area (Å²) in [7, 11) is 0. The maximum atomic E-state index is 9.77. The third-order valence-corrected chi connectivity index (χ3v) is 6.20. The number of aliphatic hydroxyl groups excluding tert-OH is 1. The van der Waals surface area contributed by atoms with Gasteiger partial charge in [0.15, 0.2) is 0 Å². The fourth-order valence-electron chi connectivity index (χ4n) is 3.90. The van der Waals surface area contributed by atoms with Gasteiger partial charge in [0.1, 0.15) is 0 Å². The van der Waals surface area contributed by atoms with Crippen molar-refractivity contribution in [3.05, 3.63) is 39.3 Å². The van der Waals surface area contributed by atoms with E-state index < -0.39 is 6.10 Å². The van der Waals surface area contributed by atoms with Crippen LogP contribution in [0.4, 0.5) is 0 Å². The smallest absolute Gasteiger partial charge is 0.0950 e. The van der Waals surface area contributed by atoms with Gasteiger partial charge in [0.05, 0.1) is 17.5 Å². The molecule has 0 aromatic carbocycles. The molecule has 4 rings (SSSR count).